The van der Waals surface area contributed by atoms with Crippen LogP contribution in [-0.4, -0.2) is 37.4 Å². The molecule has 0 saturated carbocycles. The number of amides is 1. The first kappa shape index (κ1) is 26.2. The van der Waals surface area contributed by atoms with Crippen molar-refractivity contribution < 1.29 is 19.2 Å². The molecule has 0 bridgehead atoms. The molecule has 0 N–H and O–H groups in total. The normalized spacial score (nSPS) is 11.6. The third-order valence-corrected chi connectivity index (χ3v) is 6.33. The Morgan fingerprint density at radius 2 is 1.80 bits per heavy atom. The number of pyridine rings is 2. The van der Waals surface area contributed by atoms with Crippen LogP contribution in [0.2, 0.25) is 0 Å². The number of nitro groups is 1. The van der Waals surface area contributed by atoms with E-state index in [0.29, 0.717) is 11.2 Å². The molecule has 0 saturated heterocycles. The van der Waals surface area contributed by atoms with Gasteiger partial charge >= 0.3 is 5.97 Å². The van der Waals surface area contributed by atoms with Gasteiger partial charge in [-0.15, -0.1) is 0 Å². The molecule has 2 aromatic carbocycles. The molecule has 11 nitrogen and oxygen atoms in total. The molecule has 3 heterocycles. The third-order valence-electron chi connectivity index (χ3n) is 6.33. The van der Waals surface area contributed by atoms with Crippen molar-refractivity contribution in [3.63, 3.8) is 0 Å². The second-order valence-electron chi connectivity index (χ2n) is 8.93. The number of nitrogens with zero attached hydrogens (tertiary/aromatic N) is 5. The van der Waals surface area contributed by atoms with Crippen LogP contribution in [0.15, 0.2) is 88.8 Å². The van der Waals surface area contributed by atoms with Crippen molar-refractivity contribution in [3.05, 3.63) is 127 Å². The molecule has 0 fully saturated rings. The fourth-order valence-corrected chi connectivity index (χ4v) is 4.37. The third kappa shape index (κ3) is 4.87. The summed E-state index contributed by atoms with van der Waals surface area (Å²) in [7, 11) is 0. The first-order chi connectivity index (χ1) is 19.3. The number of nitro benzene ring substituents is 1. The quantitative estimate of drug-likeness (QED) is 0.139. The minimum Gasteiger partial charge on any atom is -0.462 e. The molecule has 0 atom stereocenters. The van der Waals surface area contributed by atoms with E-state index in [9.17, 15) is 24.5 Å². The Bertz CT molecular complexity index is 1940. The topological polar surface area (TPSA) is 138 Å². The van der Waals surface area contributed by atoms with Crippen LogP contribution in [0, 0.1) is 17.0 Å². The van der Waals surface area contributed by atoms with Crippen molar-refractivity contribution in [2.24, 2.45) is 4.99 Å². The Morgan fingerprint density at radius 1 is 1.05 bits per heavy atom. The van der Waals surface area contributed by atoms with E-state index in [4.69, 9.17) is 4.74 Å². The lowest BCUT2D eigenvalue weighted by Crippen LogP contribution is -2.33. The summed E-state index contributed by atoms with van der Waals surface area (Å²) < 4.78 is 8.14. The monoisotopic (exact) mass is 537 g/mol. The maximum absolute atomic E-state index is 13.5. The Balaban J connectivity index is 1.88. The van der Waals surface area contributed by atoms with E-state index in [1.54, 1.807) is 38.2 Å². The Labute approximate surface area is 226 Å². The van der Waals surface area contributed by atoms with E-state index >= 15 is 0 Å². The zero-order valence-electron chi connectivity index (χ0n) is 21.6. The molecule has 5 rings (SSSR count). The number of benzene rings is 2. The number of hydrogen-bond donors (Lipinski definition) is 0. The largest absolute Gasteiger partial charge is 0.462 e. The number of ether oxygens (including phenoxy) is 1. The Morgan fingerprint density at radius 3 is 2.52 bits per heavy atom. The number of rotatable bonds is 6. The minimum atomic E-state index is -0.813. The first-order valence-electron chi connectivity index (χ1n) is 12.4. The Hall–Kier alpha value is -5.45. The summed E-state index contributed by atoms with van der Waals surface area (Å²) in [5, 5.41) is 11.6. The van der Waals surface area contributed by atoms with Gasteiger partial charge in [-0.1, -0.05) is 42.5 Å². The molecule has 0 aliphatic carbocycles. The van der Waals surface area contributed by atoms with Gasteiger partial charge in [-0.05, 0) is 43.7 Å². The van der Waals surface area contributed by atoms with Crippen LogP contribution in [0.5, 0.6) is 0 Å². The number of aromatic nitrogens is 3. The van der Waals surface area contributed by atoms with E-state index < -0.39 is 22.4 Å². The van der Waals surface area contributed by atoms with Crippen molar-refractivity contribution in [2.45, 2.75) is 20.4 Å². The summed E-state index contributed by atoms with van der Waals surface area (Å²) in [6, 6.07) is 19.7. The number of carbonyl (C=O) groups is 2. The van der Waals surface area contributed by atoms with E-state index in [-0.39, 0.29) is 46.5 Å². The molecule has 0 radical (unpaired) electrons. The lowest BCUT2D eigenvalue weighted by Gasteiger charge is -2.15. The fraction of sp³-hybridized carbons (Fsp3) is 0.138. The average Bonchev–Trinajstić information content (AvgIpc) is 2.95. The second-order valence-corrected chi connectivity index (χ2v) is 8.93. The van der Waals surface area contributed by atoms with Crippen LogP contribution in [0.1, 0.15) is 38.8 Å². The SMILES string of the molecule is CCOC(=O)c1cc2c(=O)n3ccccc3nc2n(Cc2ccccc2)c1=NC(=O)c1ccc(C)c([N+](=O)[O-])c1. The van der Waals surface area contributed by atoms with Gasteiger partial charge in [-0.3, -0.25) is 24.1 Å². The van der Waals surface area contributed by atoms with Gasteiger partial charge < -0.3 is 9.30 Å². The molecule has 3 aromatic heterocycles. The number of carbonyl (C=O) groups excluding carboxylic acids is 2. The molecule has 1 amide bonds. The lowest BCUT2D eigenvalue weighted by atomic mass is 10.1. The first-order valence-corrected chi connectivity index (χ1v) is 12.4. The molecule has 0 unspecified atom stereocenters. The highest BCUT2D eigenvalue weighted by molar-refractivity contribution is 5.97. The summed E-state index contributed by atoms with van der Waals surface area (Å²) in [6.07, 6.45) is 1.57. The lowest BCUT2D eigenvalue weighted by molar-refractivity contribution is -0.385. The predicted octanol–water partition coefficient (Wildman–Crippen LogP) is 3.83. The van der Waals surface area contributed by atoms with Crippen molar-refractivity contribution in [3.8, 4) is 0 Å². The van der Waals surface area contributed by atoms with Gasteiger partial charge in [0.25, 0.3) is 17.2 Å². The van der Waals surface area contributed by atoms with E-state index in [2.05, 4.69) is 9.98 Å². The molecule has 0 aliphatic rings. The molecule has 0 aliphatic heterocycles. The number of aryl methyl sites for hydroxylation is 1. The van der Waals surface area contributed by atoms with Gasteiger partial charge in [-0.25, -0.2) is 9.78 Å². The molecule has 40 heavy (non-hydrogen) atoms. The van der Waals surface area contributed by atoms with Gasteiger partial charge in [0.05, 0.1) is 23.5 Å². The molecule has 11 heteroatoms. The van der Waals surface area contributed by atoms with Crippen LogP contribution in [-0.2, 0) is 11.3 Å². The molecule has 0 spiro atoms. The van der Waals surface area contributed by atoms with Crippen LogP contribution < -0.4 is 11.0 Å². The smallest absolute Gasteiger partial charge is 0.341 e. The van der Waals surface area contributed by atoms with Crippen molar-refractivity contribution >= 4 is 34.2 Å². The molecule has 200 valence electrons. The van der Waals surface area contributed by atoms with Crippen LogP contribution in [0.4, 0.5) is 5.69 Å². The van der Waals surface area contributed by atoms with Gasteiger partial charge in [0.15, 0.2) is 5.49 Å². The van der Waals surface area contributed by atoms with Gasteiger partial charge in [0, 0.05) is 23.4 Å². The maximum Gasteiger partial charge on any atom is 0.341 e. The summed E-state index contributed by atoms with van der Waals surface area (Å²) >= 11 is 0. The summed E-state index contributed by atoms with van der Waals surface area (Å²) in [5.41, 5.74) is 0.848. The standard InChI is InChI=1S/C29H23N5O6/c1-3-40-29(37)22-16-21-25(30-24-11-7-8-14-32(24)28(21)36)33(17-19-9-5-4-6-10-19)26(22)31-27(35)20-13-12-18(2)23(15-20)34(38)39/h4-16H,3,17H2,1-2H3. The van der Waals surface area contributed by atoms with Crippen molar-refractivity contribution in [1.29, 1.82) is 0 Å². The average molecular weight is 538 g/mol. The Kier molecular flexibility index (Phi) is 7.02. The number of hydrogen-bond acceptors (Lipinski definition) is 7. The van der Waals surface area contributed by atoms with Crippen LogP contribution >= 0.6 is 0 Å². The summed E-state index contributed by atoms with van der Waals surface area (Å²) in [5.74, 6) is -1.60. The zero-order valence-corrected chi connectivity index (χ0v) is 21.6. The molecule has 5 aromatic rings. The minimum absolute atomic E-state index is 0.0370. The van der Waals surface area contributed by atoms with Crippen molar-refractivity contribution in [2.75, 3.05) is 6.61 Å². The van der Waals surface area contributed by atoms with E-state index in [0.717, 1.165) is 11.6 Å². The van der Waals surface area contributed by atoms with Crippen LogP contribution in [0.25, 0.3) is 16.7 Å². The number of esters is 1. The van der Waals surface area contributed by atoms with Crippen LogP contribution in [0.3, 0.4) is 0 Å². The van der Waals surface area contributed by atoms with E-state index in [1.807, 2.05) is 30.3 Å². The predicted molar refractivity (Wildman–Crippen MR) is 146 cm³/mol. The highest BCUT2D eigenvalue weighted by Crippen LogP contribution is 2.20. The number of fused-ring (bicyclic) bond motifs is 2. The molecular formula is C29H23N5O6. The second kappa shape index (κ2) is 10.7. The summed E-state index contributed by atoms with van der Waals surface area (Å²) in [6.45, 7) is 3.35. The van der Waals surface area contributed by atoms with Gasteiger partial charge in [0.2, 0.25) is 0 Å². The highest BCUT2D eigenvalue weighted by Gasteiger charge is 2.21. The molecular weight excluding hydrogens is 514 g/mol. The maximum atomic E-state index is 13.5. The highest BCUT2D eigenvalue weighted by atomic mass is 16.6. The van der Waals surface area contributed by atoms with Crippen molar-refractivity contribution in [1.82, 2.24) is 14.0 Å². The zero-order chi connectivity index (χ0) is 28.4. The van der Waals surface area contributed by atoms with E-state index in [1.165, 1.54) is 27.2 Å². The van der Waals surface area contributed by atoms with Gasteiger partial charge in [0.1, 0.15) is 16.9 Å². The van der Waals surface area contributed by atoms with Gasteiger partial charge in [-0.2, -0.15) is 4.99 Å². The summed E-state index contributed by atoms with van der Waals surface area (Å²) in [4.78, 5) is 59.9. The fourth-order valence-electron chi connectivity index (χ4n) is 4.37.